The summed E-state index contributed by atoms with van der Waals surface area (Å²) in [5.74, 6) is 0.0324. The first-order valence-electron chi connectivity index (χ1n) is 4.77. The van der Waals surface area contributed by atoms with Gasteiger partial charge in [-0.3, -0.25) is 0 Å². The summed E-state index contributed by atoms with van der Waals surface area (Å²) >= 11 is 7.20. The molecule has 4 nitrogen and oxygen atoms in total. The maximum absolute atomic E-state index is 12.8. The maximum Gasteiger partial charge on any atom is 0.205 e. The molecule has 0 radical (unpaired) electrons. The van der Waals surface area contributed by atoms with Gasteiger partial charge in [-0.05, 0) is 18.2 Å². The molecule has 1 aromatic carbocycles. The lowest BCUT2D eigenvalue weighted by molar-refractivity contribution is 0.304. The van der Waals surface area contributed by atoms with Crippen molar-refractivity contribution in [2.45, 2.75) is 6.61 Å². The zero-order chi connectivity index (χ0) is 12.3. The Balaban J connectivity index is 2.02. The van der Waals surface area contributed by atoms with E-state index in [2.05, 4.69) is 15.5 Å². The van der Waals surface area contributed by atoms with Crippen molar-refractivity contribution in [3.8, 4) is 5.75 Å². The number of rotatable bonds is 4. The molecule has 0 spiro atoms. The molecule has 0 unspecified atom stereocenters. The van der Waals surface area contributed by atoms with Gasteiger partial charge in [0.05, 0.1) is 5.02 Å². The number of ether oxygens (including phenoxy) is 1. The predicted molar refractivity (Wildman–Crippen MR) is 65.2 cm³/mol. The van der Waals surface area contributed by atoms with E-state index in [1.807, 2.05) is 0 Å². The molecule has 0 aliphatic carbocycles. The van der Waals surface area contributed by atoms with Crippen molar-refractivity contribution < 1.29 is 9.13 Å². The molecule has 0 fully saturated rings. The molecule has 0 bridgehead atoms. The molecule has 17 heavy (non-hydrogen) atoms. The molecule has 2 rings (SSSR count). The Labute approximate surface area is 106 Å². The smallest absolute Gasteiger partial charge is 0.205 e. The van der Waals surface area contributed by atoms with Crippen LogP contribution in [0.2, 0.25) is 5.02 Å². The molecule has 90 valence electrons. The van der Waals surface area contributed by atoms with Crippen LogP contribution in [0.4, 0.5) is 9.52 Å². The van der Waals surface area contributed by atoms with Crippen LogP contribution in [0.3, 0.4) is 0 Å². The van der Waals surface area contributed by atoms with Gasteiger partial charge in [0.15, 0.2) is 5.01 Å². The standard InChI is InChI=1S/C10H9ClFN3OS/c1-13-10-15-14-9(17-10)5-16-8-3-2-6(12)4-7(8)11/h2-4H,5H2,1H3,(H,13,15). The molecule has 0 aliphatic heterocycles. The van der Waals surface area contributed by atoms with E-state index in [9.17, 15) is 4.39 Å². The summed E-state index contributed by atoms with van der Waals surface area (Å²) in [6.45, 7) is 0.255. The molecule has 0 aliphatic rings. The van der Waals surface area contributed by atoms with Crippen LogP contribution < -0.4 is 10.1 Å². The van der Waals surface area contributed by atoms with Crippen molar-refractivity contribution in [2.75, 3.05) is 12.4 Å². The summed E-state index contributed by atoms with van der Waals surface area (Å²) in [4.78, 5) is 0. The van der Waals surface area contributed by atoms with Crippen molar-refractivity contribution >= 4 is 28.1 Å². The van der Waals surface area contributed by atoms with Crippen LogP contribution in [0, 0.1) is 5.82 Å². The molecule has 0 atom stereocenters. The Morgan fingerprint density at radius 1 is 1.47 bits per heavy atom. The minimum atomic E-state index is -0.393. The monoisotopic (exact) mass is 273 g/mol. The van der Waals surface area contributed by atoms with Crippen LogP contribution in [0.1, 0.15) is 5.01 Å². The van der Waals surface area contributed by atoms with Gasteiger partial charge in [0.1, 0.15) is 18.2 Å². The van der Waals surface area contributed by atoms with Crippen LogP contribution in [0.5, 0.6) is 5.75 Å². The van der Waals surface area contributed by atoms with Gasteiger partial charge in [0.25, 0.3) is 0 Å². The third-order valence-electron chi connectivity index (χ3n) is 1.93. The molecular weight excluding hydrogens is 265 g/mol. The van der Waals surface area contributed by atoms with E-state index in [-0.39, 0.29) is 11.6 Å². The van der Waals surface area contributed by atoms with Gasteiger partial charge in [0, 0.05) is 7.05 Å². The molecule has 1 N–H and O–H groups in total. The van der Waals surface area contributed by atoms with Gasteiger partial charge in [0.2, 0.25) is 5.13 Å². The molecule has 0 amide bonds. The Morgan fingerprint density at radius 2 is 2.29 bits per heavy atom. The Kier molecular flexibility index (Phi) is 3.75. The number of aromatic nitrogens is 2. The number of halogens is 2. The molecule has 7 heteroatoms. The van der Waals surface area contributed by atoms with Gasteiger partial charge in [-0.25, -0.2) is 4.39 Å². The third kappa shape index (κ3) is 3.04. The molecule has 0 saturated carbocycles. The Bertz CT molecular complexity index is 520. The number of nitrogens with one attached hydrogen (secondary N) is 1. The molecule has 0 saturated heterocycles. The van der Waals surface area contributed by atoms with Crippen LogP contribution in [0.25, 0.3) is 0 Å². The average molecular weight is 274 g/mol. The van der Waals surface area contributed by atoms with Crippen LogP contribution in [0.15, 0.2) is 18.2 Å². The first kappa shape index (κ1) is 12.1. The molecule has 1 heterocycles. The van der Waals surface area contributed by atoms with Crippen molar-refractivity contribution in [1.29, 1.82) is 0 Å². The summed E-state index contributed by atoms with van der Waals surface area (Å²) in [7, 11) is 1.77. The Morgan fingerprint density at radius 3 is 2.94 bits per heavy atom. The second-order valence-corrected chi connectivity index (χ2v) is 4.58. The average Bonchev–Trinajstić information content (AvgIpc) is 2.76. The van der Waals surface area contributed by atoms with E-state index in [1.54, 1.807) is 7.05 Å². The summed E-state index contributed by atoms with van der Waals surface area (Å²) in [5.41, 5.74) is 0. The number of hydrogen-bond donors (Lipinski definition) is 1. The van der Waals surface area contributed by atoms with E-state index in [0.29, 0.717) is 10.9 Å². The number of benzene rings is 1. The van der Waals surface area contributed by atoms with Crippen molar-refractivity contribution in [3.05, 3.63) is 34.0 Å². The van der Waals surface area contributed by atoms with Crippen molar-refractivity contribution in [3.63, 3.8) is 0 Å². The minimum Gasteiger partial charge on any atom is -0.485 e. The van der Waals surface area contributed by atoms with Crippen LogP contribution in [-0.2, 0) is 6.61 Å². The minimum absolute atomic E-state index is 0.239. The summed E-state index contributed by atoms with van der Waals surface area (Å²) in [6.07, 6.45) is 0. The highest BCUT2D eigenvalue weighted by Crippen LogP contribution is 2.26. The molecule has 1 aromatic heterocycles. The molecule has 2 aromatic rings. The highest BCUT2D eigenvalue weighted by atomic mass is 35.5. The van der Waals surface area contributed by atoms with Crippen molar-refractivity contribution in [1.82, 2.24) is 10.2 Å². The summed E-state index contributed by atoms with van der Waals surface area (Å²) < 4.78 is 18.2. The van der Waals surface area contributed by atoms with Gasteiger partial charge >= 0.3 is 0 Å². The SMILES string of the molecule is CNc1nnc(COc2ccc(F)cc2Cl)s1. The number of anilines is 1. The fourth-order valence-electron chi connectivity index (χ4n) is 1.14. The lowest BCUT2D eigenvalue weighted by Gasteiger charge is -2.05. The second kappa shape index (κ2) is 5.29. The third-order valence-corrected chi connectivity index (χ3v) is 3.14. The Hall–Kier alpha value is -1.40. The van der Waals surface area contributed by atoms with E-state index in [1.165, 1.54) is 29.5 Å². The van der Waals surface area contributed by atoms with Gasteiger partial charge in [-0.1, -0.05) is 22.9 Å². The fourth-order valence-corrected chi connectivity index (χ4v) is 1.97. The lowest BCUT2D eigenvalue weighted by atomic mass is 10.3. The first-order chi connectivity index (χ1) is 8.19. The number of nitrogens with zero attached hydrogens (tertiary/aromatic N) is 2. The fraction of sp³-hybridized carbons (Fsp3) is 0.200. The molecular formula is C10H9ClFN3OS. The zero-order valence-electron chi connectivity index (χ0n) is 8.91. The van der Waals surface area contributed by atoms with Crippen molar-refractivity contribution in [2.24, 2.45) is 0 Å². The van der Waals surface area contributed by atoms with E-state index >= 15 is 0 Å². The van der Waals surface area contributed by atoms with Gasteiger partial charge < -0.3 is 10.1 Å². The number of hydrogen-bond acceptors (Lipinski definition) is 5. The lowest BCUT2D eigenvalue weighted by Crippen LogP contribution is -1.95. The quantitative estimate of drug-likeness (QED) is 0.930. The first-order valence-corrected chi connectivity index (χ1v) is 5.96. The second-order valence-electron chi connectivity index (χ2n) is 3.11. The van der Waals surface area contributed by atoms with E-state index in [4.69, 9.17) is 16.3 Å². The normalized spacial score (nSPS) is 10.3. The van der Waals surface area contributed by atoms with Crippen LogP contribution >= 0.6 is 22.9 Å². The maximum atomic E-state index is 12.8. The highest BCUT2D eigenvalue weighted by molar-refractivity contribution is 7.15. The summed E-state index contributed by atoms with van der Waals surface area (Å²) in [6, 6.07) is 3.98. The van der Waals surface area contributed by atoms with E-state index < -0.39 is 5.82 Å². The van der Waals surface area contributed by atoms with Crippen LogP contribution in [-0.4, -0.2) is 17.2 Å². The predicted octanol–water partition coefficient (Wildman–Crippen LogP) is 2.95. The van der Waals surface area contributed by atoms with E-state index in [0.717, 1.165) is 5.01 Å². The summed E-state index contributed by atoms with van der Waals surface area (Å²) in [5, 5.41) is 12.3. The van der Waals surface area contributed by atoms with Gasteiger partial charge in [-0.15, -0.1) is 10.2 Å². The topological polar surface area (TPSA) is 47.0 Å². The van der Waals surface area contributed by atoms with Gasteiger partial charge in [-0.2, -0.15) is 0 Å². The zero-order valence-corrected chi connectivity index (χ0v) is 10.5. The highest BCUT2D eigenvalue weighted by Gasteiger charge is 2.06. The largest absolute Gasteiger partial charge is 0.485 e.